The standard InChI is InChI=1S/C23H20N2O2/c1-2-27-22(26)19-13-14-20(17-9-5-3-6-10-17)23(15-24,16-25)21(19)18-11-7-4-8-12-18/h3-13,20-21H,2,14H2,1H3. The molecule has 27 heavy (non-hydrogen) atoms. The summed E-state index contributed by atoms with van der Waals surface area (Å²) in [4.78, 5) is 12.6. The molecule has 4 nitrogen and oxygen atoms in total. The first-order valence-electron chi connectivity index (χ1n) is 8.97. The average molecular weight is 356 g/mol. The van der Waals surface area contributed by atoms with Crippen molar-refractivity contribution in [2.45, 2.75) is 25.2 Å². The second-order valence-corrected chi connectivity index (χ2v) is 6.52. The Balaban J connectivity index is 2.22. The lowest BCUT2D eigenvalue weighted by Gasteiger charge is -2.40. The molecule has 1 aliphatic carbocycles. The first kappa shape index (κ1) is 18.4. The highest BCUT2D eigenvalue weighted by molar-refractivity contribution is 5.91. The lowest BCUT2D eigenvalue weighted by molar-refractivity contribution is -0.139. The van der Waals surface area contributed by atoms with E-state index in [1.165, 1.54) is 0 Å². The molecule has 134 valence electrons. The van der Waals surface area contributed by atoms with Crippen LogP contribution in [0.2, 0.25) is 0 Å². The van der Waals surface area contributed by atoms with Crippen molar-refractivity contribution in [1.29, 1.82) is 10.5 Å². The Morgan fingerprint density at radius 2 is 1.59 bits per heavy atom. The summed E-state index contributed by atoms with van der Waals surface area (Å²) in [6.45, 7) is 1.99. The molecule has 2 atom stereocenters. The molecule has 0 spiro atoms. The zero-order valence-corrected chi connectivity index (χ0v) is 15.1. The van der Waals surface area contributed by atoms with Crippen LogP contribution in [0, 0.1) is 28.1 Å². The Bertz CT molecular complexity index is 906. The summed E-state index contributed by atoms with van der Waals surface area (Å²) in [5, 5.41) is 20.4. The van der Waals surface area contributed by atoms with E-state index >= 15 is 0 Å². The Kier molecular flexibility index (Phi) is 5.38. The third kappa shape index (κ3) is 3.23. The molecular weight excluding hydrogens is 336 g/mol. The molecule has 0 saturated heterocycles. The number of allylic oxidation sites excluding steroid dienone is 1. The van der Waals surface area contributed by atoms with Crippen molar-refractivity contribution in [2.24, 2.45) is 5.41 Å². The minimum absolute atomic E-state index is 0.242. The fourth-order valence-electron chi connectivity index (χ4n) is 3.89. The van der Waals surface area contributed by atoms with E-state index in [9.17, 15) is 15.3 Å². The van der Waals surface area contributed by atoms with Gasteiger partial charge >= 0.3 is 5.97 Å². The topological polar surface area (TPSA) is 73.9 Å². The molecule has 0 heterocycles. The predicted octanol–water partition coefficient (Wildman–Crippen LogP) is 4.48. The molecule has 3 rings (SSSR count). The van der Waals surface area contributed by atoms with Gasteiger partial charge in [0.25, 0.3) is 0 Å². The van der Waals surface area contributed by atoms with Crippen molar-refractivity contribution in [3.8, 4) is 12.1 Å². The summed E-state index contributed by atoms with van der Waals surface area (Å²) in [6, 6.07) is 23.4. The normalized spacial score (nSPS) is 20.6. The number of carbonyl (C=O) groups excluding carboxylic acids is 1. The lowest BCUT2D eigenvalue weighted by atomic mass is 9.58. The van der Waals surface area contributed by atoms with Crippen molar-refractivity contribution < 1.29 is 9.53 Å². The van der Waals surface area contributed by atoms with Gasteiger partial charge in [-0.05, 0) is 24.5 Å². The SMILES string of the molecule is CCOC(=O)C1=CCC(c2ccccc2)C(C#N)(C#N)C1c1ccccc1. The molecule has 1 aliphatic rings. The van der Waals surface area contributed by atoms with Gasteiger partial charge in [0.15, 0.2) is 5.41 Å². The number of hydrogen-bond donors (Lipinski definition) is 0. The Morgan fingerprint density at radius 1 is 1.04 bits per heavy atom. The Morgan fingerprint density at radius 3 is 2.11 bits per heavy atom. The van der Waals surface area contributed by atoms with Crippen LogP contribution in [-0.4, -0.2) is 12.6 Å². The van der Waals surface area contributed by atoms with E-state index in [0.717, 1.165) is 11.1 Å². The maximum Gasteiger partial charge on any atom is 0.334 e. The van der Waals surface area contributed by atoms with Gasteiger partial charge in [0.2, 0.25) is 0 Å². The van der Waals surface area contributed by atoms with Crippen molar-refractivity contribution in [2.75, 3.05) is 6.61 Å². The molecule has 4 heteroatoms. The van der Waals surface area contributed by atoms with Crippen LogP contribution < -0.4 is 0 Å². The molecule has 0 saturated carbocycles. The van der Waals surface area contributed by atoms with E-state index in [1.54, 1.807) is 6.92 Å². The van der Waals surface area contributed by atoms with E-state index in [4.69, 9.17) is 4.74 Å². The fourth-order valence-corrected chi connectivity index (χ4v) is 3.89. The van der Waals surface area contributed by atoms with Crippen LogP contribution in [0.1, 0.15) is 36.3 Å². The van der Waals surface area contributed by atoms with Crippen LogP contribution in [0.15, 0.2) is 72.3 Å². The molecule has 0 radical (unpaired) electrons. The summed E-state index contributed by atoms with van der Waals surface area (Å²) < 4.78 is 5.23. The van der Waals surface area contributed by atoms with Gasteiger partial charge in [-0.2, -0.15) is 10.5 Å². The van der Waals surface area contributed by atoms with E-state index in [0.29, 0.717) is 12.0 Å². The van der Waals surface area contributed by atoms with E-state index in [1.807, 2.05) is 66.7 Å². The summed E-state index contributed by atoms with van der Waals surface area (Å²) >= 11 is 0. The third-order valence-electron chi connectivity index (χ3n) is 5.11. The number of nitriles is 2. The van der Waals surface area contributed by atoms with Crippen LogP contribution in [-0.2, 0) is 9.53 Å². The third-order valence-corrected chi connectivity index (χ3v) is 5.11. The summed E-state index contributed by atoms with van der Waals surface area (Å²) in [7, 11) is 0. The number of benzene rings is 2. The number of ether oxygens (including phenoxy) is 1. The number of carbonyl (C=O) groups is 1. The van der Waals surface area contributed by atoms with Crippen molar-refractivity contribution in [1.82, 2.24) is 0 Å². The summed E-state index contributed by atoms with van der Waals surface area (Å²) in [5.41, 5.74) is 0.666. The largest absolute Gasteiger partial charge is 0.463 e. The van der Waals surface area contributed by atoms with Gasteiger partial charge < -0.3 is 4.74 Å². The highest BCUT2D eigenvalue weighted by Gasteiger charge is 2.53. The van der Waals surface area contributed by atoms with Crippen LogP contribution in [0.5, 0.6) is 0 Å². The monoisotopic (exact) mass is 356 g/mol. The molecule has 2 unspecified atom stereocenters. The highest BCUT2D eigenvalue weighted by atomic mass is 16.5. The van der Waals surface area contributed by atoms with Crippen LogP contribution >= 0.6 is 0 Å². The minimum Gasteiger partial charge on any atom is -0.463 e. The number of hydrogen-bond acceptors (Lipinski definition) is 4. The van der Waals surface area contributed by atoms with Gasteiger partial charge in [-0.3, -0.25) is 0 Å². The van der Waals surface area contributed by atoms with Gasteiger partial charge in [0.05, 0.1) is 18.7 Å². The molecule has 2 aromatic carbocycles. The Hall–Kier alpha value is -3.37. The minimum atomic E-state index is -1.40. The van der Waals surface area contributed by atoms with Crippen molar-refractivity contribution in [3.05, 3.63) is 83.4 Å². The molecule has 0 N–H and O–H groups in total. The first-order chi connectivity index (χ1) is 13.2. The fraction of sp³-hybridized carbons (Fsp3) is 0.261. The zero-order valence-electron chi connectivity index (χ0n) is 15.1. The first-order valence-corrected chi connectivity index (χ1v) is 8.97. The summed E-state index contributed by atoms with van der Waals surface area (Å²) in [5.74, 6) is -1.48. The molecule has 0 aliphatic heterocycles. The van der Waals surface area contributed by atoms with Crippen molar-refractivity contribution >= 4 is 5.97 Å². The molecule has 0 bridgehead atoms. The number of rotatable bonds is 4. The average Bonchev–Trinajstić information content (AvgIpc) is 2.74. The van der Waals surface area contributed by atoms with Gasteiger partial charge in [-0.25, -0.2) is 4.79 Å². The van der Waals surface area contributed by atoms with Crippen LogP contribution in [0.3, 0.4) is 0 Å². The number of nitrogens with zero attached hydrogens (tertiary/aromatic N) is 2. The van der Waals surface area contributed by atoms with Gasteiger partial charge in [-0.15, -0.1) is 0 Å². The molecule has 2 aromatic rings. The van der Waals surface area contributed by atoms with Gasteiger partial charge in [0.1, 0.15) is 0 Å². The van der Waals surface area contributed by atoms with Gasteiger partial charge in [0, 0.05) is 17.4 Å². The van der Waals surface area contributed by atoms with Crippen LogP contribution in [0.25, 0.3) is 0 Å². The maximum absolute atomic E-state index is 12.6. The van der Waals surface area contributed by atoms with Crippen LogP contribution in [0.4, 0.5) is 0 Å². The summed E-state index contributed by atoms with van der Waals surface area (Å²) in [6.07, 6.45) is 2.27. The lowest BCUT2D eigenvalue weighted by Crippen LogP contribution is -2.39. The van der Waals surface area contributed by atoms with E-state index in [-0.39, 0.29) is 12.5 Å². The van der Waals surface area contributed by atoms with E-state index in [2.05, 4.69) is 12.1 Å². The second kappa shape index (κ2) is 7.89. The predicted molar refractivity (Wildman–Crippen MR) is 101 cm³/mol. The smallest absolute Gasteiger partial charge is 0.334 e. The molecule has 0 fully saturated rings. The molecular formula is C23H20N2O2. The number of esters is 1. The molecule has 0 aromatic heterocycles. The van der Waals surface area contributed by atoms with Crippen molar-refractivity contribution in [3.63, 3.8) is 0 Å². The van der Waals surface area contributed by atoms with Gasteiger partial charge in [-0.1, -0.05) is 66.7 Å². The second-order valence-electron chi connectivity index (χ2n) is 6.52. The maximum atomic E-state index is 12.6. The highest BCUT2D eigenvalue weighted by Crippen LogP contribution is 2.54. The molecule has 0 amide bonds. The Labute approximate surface area is 159 Å². The van der Waals surface area contributed by atoms with E-state index < -0.39 is 17.3 Å². The quantitative estimate of drug-likeness (QED) is 0.757. The zero-order chi connectivity index (χ0) is 19.3.